The number of hydrogen-bond donors (Lipinski definition) is 0. The number of hydrogen-bond acceptors (Lipinski definition) is 5. The Labute approximate surface area is 156 Å². The Morgan fingerprint density at radius 3 is 2.77 bits per heavy atom. The Balaban J connectivity index is 1.34. The van der Waals surface area contributed by atoms with Crippen molar-refractivity contribution in [3.05, 3.63) is 65.1 Å². The van der Waals surface area contributed by atoms with Crippen molar-refractivity contribution in [2.75, 3.05) is 26.2 Å². The predicted octanol–water partition coefficient (Wildman–Crippen LogP) is 3.67. The summed E-state index contributed by atoms with van der Waals surface area (Å²) in [5.41, 5.74) is 3.52. The fraction of sp³-hybridized carbons (Fsp3) is 0.300. The van der Waals surface area contributed by atoms with Gasteiger partial charge in [0.1, 0.15) is 5.01 Å². The van der Waals surface area contributed by atoms with E-state index >= 15 is 0 Å². The molecule has 1 amide bonds. The molecule has 0 saturated carbocycles. The van der Waals surface area contributed by atoms with Crippen LogP contribution in [0.25, 0.3) is 10.6 Å². The van der Waals surface area contributed by atoms with Crippen LogP contribution in [0.15, 0.2) is 52.5 Å². The summed E-state index contributed by atoms with van der Waals surface area (Å²) in [6.45, 7) is 6.06. The molecule has 0 bridgehead atoms. The van der Waals surface area contributed by atoms with Gasteiger partial charge in [0.05, 0.1) is 12.0 Å². The molecule has 0 spiro atoms. The highest BCUT2D eigenvalue weighted by atomic mass is 32.1. The third kappa shape index (κ3) is 3.71. The Morgan fingerprint density at radius 2 is 2.04 bits per heavy atom. The summed E-state index contributed by atoms with van der Waals surface area (Å²) in [7, 11) is 0. The number of aromatic nitrogens is 1. The number of amides is 1. The van der Waals surface area contributed by atoms with Gasteiger partial charge in [0, 0.05) is 43.7 Å². The molecule has 1 aliphatic rings. The van der Waals surface area contributed by atoms with Gasteiger partial charge in [-0.05, 0) is 25.1 Å². The van der Waals surface area contributed by atoms with E-state index in [-0.39, 0.29) is 5.91 Å². The summed E-state index contributed by atoms with van der Waals surface area (Å²) in [5.74, 6) is 0.394. The Hall–Kier alpha value is -2.44. The van der Waals surface area contributed by atoms with Crippen molar-refractivity contribution in [1.29, 1.82) is 0 Å². The first-order valence-corrected chi connectivity index (χ1v) is 9.63. The quantitative estimate of drug-likeness (QED) is 0.706. The van der Waals surface area contributed by atoms with Gasteiger partial charge in [0.2, 0.25) is 0 Å². The molecule has 26 heavy (non-hydrogen) atoms. The summed E-state index contributed by atoms with van der Waals surface area (Å²) in [4.78, 5) is 21.3. The van der Waals surface area contributed by atoms with Crippen LogP contribution in [0.1, 0.15) is 21.8 Å². The van der Waals surface area contributed by atoms with Gasteiger partial charge in [-0.25, -0.2) is 4.98 Å². The topological polar surface area (TPSA) is 49.6 Å². The van der Waals surface area contributed by atoms with Crippen molar-refractivity contribution in [2.45, 2.75) is 13.5 Å². The maximum absolute atomic E-state index is 12.3. The van der Waals surface area contributed by atoms with E-state index < -0.39 is 0 Å². The first kappa shape index (κ1) is 17.0. The smallest absolute Gasteiger partial charge is 0.289 e. The molecule has 0 aliphatic carbocycles. The molecule has 0 atom stereocenters. The van der Waals surface area contributed by atoms with Crippen LogP contribution >= 0.6 is 11.3 Å². The van der Waals surface area contributed by atoms with Crippen molar-refractivity contribution in [2.24, 2.45) is 0 Å². The van der Waals surface area contributed by atoms with Gasteiger partial charge in [-0.15, -0.1) is 11.3 Å². The monoisotopic (exact) mass is 367 g/mol. The lowest BCUT2D eigenvalue weighted by atomic mass is 10.1. The van der Waals surface area contributed by atoms with Gasteiger partial charge >= 0.3 is 0 Å². The van der Waals surface area contributed by atoms with Crippen LogP contribution in [-0.4, -0.2) is 46.9 Å². The van der Waals surface area contributed by atoms with Crippen molar-refractivity contribution in [1.82, 2.24) is 14.8 Å². The number of thiazole rings is 1. The fourth-order valence-electron chi connectivity index (χ4n) is 3.18. The second-order valence-corrected chi connectivity index (χ2v) is 7.42. The average Bonchev–Trinajstić information content (AvgIpc) is 3.34. The third-order valence-electron chi connectivity index (χ3n) is 4.59. The van der Waals surface area contributed by atoms with Crippen molar-refractivity contribution in [3.63, 3.8) is 0 Å². The number of benzene rings is 1. The highest BCUT2D eigenvalue weighted by Gasteiger charge is 2.24. The lowest BCUT2D eigenvalue weighted by Crippen LogP contribution is -2.48. The molecule has 134 valence electrons. The van der Waals surface area contributed by atoms with Crippen molar-refractivity contribution < 1.29 is 9.21 Å². The fourth-order valence-corrected chi connectivity index (χ4v) is 3.99. The van der Waals surface area contributed by atoms with Crippen molar-refractivity contribution >= 4 is 17.2 Å². The highest BCUT2D eigenvalue weighted by molar-refractivity contribution is 7.13. The van der Waals surface area contributed by atoms with E-state index in [1.807, 2.05) is 4.90 Å². The third-order valence-corrected chi connectivity index (χ3v) is 5.53. The maximum Gasteiger partial charge on any atom is 0.289 e. The van der Waals surface area contributed by atoms with E-state index in [9.17, 15) is 4.79 Å². The molecule has 5 nitrogen and oxygen atoms in total. The molecular formula is C20H21N3O2S. The van der Waals surface area contributed by atoms with E-state index in [0.29, 0.717) is 18.8 Å². The van der Waals surface area contributed by atoms with Gasteiger partial charge in [-0.1, -0.05) is 23.8 Å². The number of carbonyl (C=O) groups is 1. The number of rotatable bonds is 4. The summed E-state index contributed by atoms with van der Waals surface area (Å²) < 4.78 is 5.21. The zero-order chi connectivity index (χ0) is 17.9. The first-order chi connectivity index (χ1) is 12.7. The van der Waals surface area contributed by atoms with E-state index in [1.165, 1.54) is 17.4 Å². The van der Waals surface area contributed by atoms with Gasteiger partial charge in [-0.3, -0.25) is 9.69 Å². The number of furan rings is 1. The van der Waals surface area contributed by atoms with Gasteiger partial charge < -0.3 is 9.32 Å². The number of aryl methyl sites for hydroxylation is 1. The SMILES string of the molecule is Cc1cccc(-c2nc(CN3CCN(C(=O)c4ccco4)CC3)cs2)c1. The van der Waals surface area contributed by atoms with Crippen LogP contribution in [0.2, 0.25) is 0 Å². The highest BCUT2D eigenvalue weighted by Crippen LogP contribution is 2.25. The van der Waals surface area contributed by atoms with E-state index in [1.54, 1.807) is 23.5 Å². The largest absolute Gasteiger partial charge is 0.459 e. The molecule has 1 aromatic carbocycles. The average molecular weight is 367 g/mol. The van der Waals surface area contributed by atoms with Crippen LogP contribution in [0.3, 0.4) is 0 Å². The van der Waals surface area contributed by atoms with Gasteiger partial charge in [0.25, 0.3) is 5.91 Å². The molecule has 3 heterocycles. The number of carbonyl (C=O) groups excluding carboxylic acids is 1. The standard InChI is InChI=1S/C20H21N3O2S/c1-15-4-2-5-16(12-15)19-21-17(14-26-19)13-22-7-9-23(10-8-22)20(24)18-6-3-11-25-18/h2-6,11-12,14H,7-10,13H2,1H3. The molecule has 3 aromatic rings. The first-order valence-electron chi connectivity index (χ1n) is 8.75. The molecular weight excluding hydrogens is 346 g/mol. The van der Waals surface area contributed by atoms with Crippen LogP contribution in [0, 0.1) is 6.92 Å². The lowest BCUT2D eigenvalue weighted by Gasteiger charge is -2.33. The second kappa shape index (κ2) is 7.43. The molecule has 0 unspecified atom stereocenters. The van der Waals surface area contributed by atoms with Gasteiger partial charge in [-0.2, -0.15) is 0 Å². The minimum atomic E-state index is -0.0231. The van der Waals surface area contributed by atoms with E-state index in [2.05, 4.69) is 41.5 Å². The Morgan fingerprint density at radius 1 is 1.19 bits per heavy atom. The van der Waals surface area contributed by atoms with Crippen LogP contribution in [-0.2, 0) is 6.54 Å². The Bertz CT molecular complexity index is 880. The van der Waals surface area contributed by atoms with E-state index in [0.717, 1.165) is 30.3 Å². The molecule has 1 saturated heterocycles. The molecule has 4 rings (SSSR count). The summed E-state index contributed by atoms with van der Waals surface area (Å²) in [6.07, 6.45) is 1.54. The van der Waals surface area contributed by atoms with Gasteiger partial charge in [0.15, 0.2) is 5.76 Å². The number of nitrogens with zero attached hydrogens (tertiary/aromatic N) is 3. The maximum atomic E-state index is 12.3. The van der Waals surface area contributed by atoms with E-state index in [4.69, 9.17) is 9.40 Å². The molecule has 2 aromatic heterocycles. The predicted molar refractivity (Wildman–Crippen MR) is 102 cm³/mol. The molecule has 1 fully saturated rings. The lowest BCUT2D eigenvalue weighted by molar-refractivity contribution is 0.0596. The number of piperazine rings is 1. The summed E-state index contributed by atoms with van der Waals surface area (Å²) in [6, 6.07) is 11.9. The zero-order valence-electron chi connectivity index (χ0n) is 14.7. The Kier molecular flexibility index (Phi) is 4.86. The molecule has 6 heteroatoms. The molecule has 0 N–H and O–H groups in total. The minimum absolute atomic E-state index is 0.0231. The van der Waals surface area contributed by atoms with Crippen LogP contribution in [0.4, 0.5) is 0 Å². The zero-order valence-corrected chi connectivity index (χ0v) is 15.5. The molecule has 1 aliphatic heterocycles. The summed E-state index contributed by atoms with van der Waals surface area (Å²) >= 11 is 1.69. The second-order valence-electron chi connectivity index (χ2n) is 6.56. The normalized spacial score (nSPS) is 15.3. The molecule has 0 radical (unpaired) electrons. The van der Waals surface area contributed by atoms with Crippen LogP contribution < -0.4 is 0 Å². The minimum Gasteiger partial charge on any atom is -0.459 e. The van der Waals surface area contributed by atoms with Crippen LogP contribution in [0.5, 0.6) is 0 Å². The van der Waals surface area contributed by atoms with Crippen molar-refractivity contribution in [3.8, 4) is 10.6 Å². The summed E-state index contributed by atoms with van der Waals surface area (Å²) in [5, 5.41) is 3.20.